The van der Waals surface area contributed by atoms with Gasteiger partial charge in [0.15, 0.2) is 5.11 Å². The van der Waals surface area contributed by atoms with Crippen LogP contribution in [-0.2, 0) is 6.61 Å². The van der Waals surface area contributed by atoms with Crippen molar-refractivity contribution in [2.45, 2.75) is 6.61 Å². The lowest BCUT2D eigenvalue weighted by Gasteiger charge is -2.11. The molecule has 0 aliphatic heterocycles. The third-order valence-electron chi connectivity index (χ3n) is 3.71. The molecule has 4 nitrogen and oxygen atoms in total. The number of anilines is 1. The molecule has 1 amide bonds. The van der Waals surface area contributed by atoms with E-state index in [4.69, 9.17) is 17.0 Å². The van der Waals surface area contributed by atoms with Gasteiger partial charge >= 0.3 is 0 Å². The number of halogens is 1. The molecule has 3 rings (SSSR count). The molecule has 3 aromatic carbocycles. The fourth-order valence-corrected chi connectivity index (χ4v) is 3.03. The number of ether oxygens (including phenoxy) is 1. The molecule has 0 atom stereocenters. The van der Waals surface area contributed by atoms with Gasteiger partial charge in [-0.2, -0.15) is 0 Å². The number of carbonyl (C=O) groups excluding carboxylic acids is 1. The lowest BCUT2D eigenvalue weighted by atomic mass is 10.2. The van der Waals surface area contributed by atoms with Crippen LogP contribution >= 0.6 is 28.1 Å². The van der Waals surface area contributed by atoms with E-state index in [1.807, 2.05) is 60.7 Å². The Morgan fingerprint density at radius 2 is 1.59 bits per heavy atom. The molecule has 27 heavy (non-hydrogen) atoms. The number of nitrogens with one attached hydrogen (secondary N) is 2. The smallest absolute Gasteiger partial charge is 0.258 e. The Bertz CT molecular complexity index is 930. The molecule has 0 aliphatic rings. The number of amides is 1. The van der Waals surface area contributed by atoms with Crippen LogP contribution in [0.2, 0.25) is 0 Å². The first kappa shape index (κ1) is 19.1. The highest BCUT2D eigenvalue weighted by atomic mass is 79.9. The Morgan fingerprint density at radius 1 is 0.926 bits per heavy atom. The van der Waals surface area contributed by atoms with E-state index in [2.05, 4.69) is 26.6 Å². The van der Waals surface area contributed by atoms with Crippen molar-refractivity contribution in [3.05, 3.63) is 94.5 Å². The zero-order valence-corrected chi connectivity index (χ0v) is 16.7. The summed E-state index contributed by atoms with van der Waals surface area (Å²) in [6, 6.07) is 24.5. The van der Waals surface area contributed by atoms with Gasteiger partial charge in [-0.25, -0.2) is 0 Å². The lowest BCUT2D eigenvalue weighted by Crippen LogP contribution is -2.34. The van der Waals surface area contributed by atoms with E-state index in [0.717, 1.165) is 17.0 Å². The van der Waals surface area contributed by atoms with Crippen LogP contribution in [-0.4, -0.2) is 11.0 Å². The first-order valence-corrected chi connectivity index (χ1v) is 9.45. The SMILES string of the molecule is O=C(NC(=S)Nc1ccc(OCc2ccccc2)cc1)c1ccccc1Br. The van der Waals surface area contributed by atoms with Crippen LogP contribution < -0.4 is 15.4 Å². The highest BCUT2D eigenvalue weighted by Crippen LogP contribution is 2.18. The molecule has 136 valence electrons. The van der Waals surface area contributed by atoms with Gasteiger partial charge in [-0.1, -0.05) is 42.5 Å². The second kappa shape index (κ2) is 9.30. The number of benzene rings is 3. The zero-order valence-electron chi connectivity index (χ0n) is 14.3. The highest BCUT2D eigenvalue weighted by molar-refractivity contribution is 9.10. The molecule has 0 spiro atoms. The van der Waals surface area contributed by atoms with E-state index in [-0.39, 0.29) is 11.0 Å². The molecule has 3 aromatic rings. The molecule has 6 heteroatoms. The summed E-state index contributed by atoms with van der Waals surface area (Å²) in [7, 11) is 0. The van der Waals surface area contributed by atoms with Crippen molar-refractivity contribution in [1.29, 1.82) is 0 Å². The Hall–Kier alpha value is -2.70. The molecule has 0 bridgehead atoms. The second-order valence-electron chi connectivity index (χ2n) is 5.69. The second-order valence-corrected chi connectivity index (χ2v) is 6.95. The Balaban J connectivity index is 1.52. The minimum Gasteiger partial charge on any atom is -0.489 e. The summed E-state index contributed by atoms with van der Waals surface area (Å²) in [5.41, 5.74) is 2.39. The Labute approximate surface area is 171 Å². The topological polar surface area (TPSA) is 50.4 Å². The number of rotatable bonds is 5. The summed E-state index contributed by atoms with van der Waals surface area (Å²) in [4.78, 5) is 12.3. The summed E-state index contributed by atoms with van der Waals surface area (Å²) in [5, 5.41) is 5.89. The van der Waals surface area contributed by atoms with Gasteiger partial charge in [0.25, 0.3) is 5.91 Å². The van der Waals surface area contributed by atoms with E-state index in [1.165, 1.54) is 0 Å². The van der Waals surface area contributed by atoms with E-state index < -0.39 is 0 Å². The average molecular weight is 441 g/mol. The monoisotopic (exact) mass is 440 g/mol. The normalized spacial score (nSPS) is 10.1. The minimum absolute atomic E-state index is 0.230. The maximum atomic E-state index is 12.3. The first-order valence-electron chi connectivity index (χ1n) is 8.25. The third kappa shape index (κ3) is 5.64. The van der Waals surface area contributed by atoms with Crippen LogP contribution in [0.25, 0.3) is 0 Å². The summed E-state index contributed by atoms with van der Waals surface area (Å²) in [6.07, 6.45) is 0. The van der Waals surface area contributed by atoms with Gasteiger partial charge in [0.05, 0.1) is 5.56 Å². The maximum Gasteiger partial charge on any atom is 0.258 e. The van der Waals surface area contributed by atoms with E-state index in [0.29, 0.717) is 16.6 Å². The molecule has 0 aliphatic carbocycles. The van der Waals surface area contributed by atoms with Gasteiger partial charge < -0.3 is 10.1 Å². The minimum atomic E-state index is -0.275. The number of hydrogen-bond acceptors (Lipinski definition) is 3. The zero-order chi connectivity index (χ0) is 19.1. The van der Waals surface area contributed by atoms with Crippen LogP contribution in [0.1, 0.15) is 15.9 Å². The van der Waals surface area contributed by atoms with Crippen LogP contribution in [0.5, 0.6) is 5.75 Å². The van der Waals surface area contributed by atoms with Gasteiger partial charge in [0.1, 0.15) is 12.4 Å². The molecule has 0 unspecified atom stereocenters. The largest absolute Gasteiger partial charge is 0.489 e. The summed E-state index contributed by atoms with van der Waals surface area (Å²) < 4.78 is 6.47. The van der Waals surface area contributed by atoms with Gasteiger partial charge in [0.2, 0.25) is 0 Å². The van der Waals surface area contributed by atoms with Crippen LogP contribution in [0, 0.1) is 0 Å². The quantitative estimate of drug-likeness (QED) is 0.538. The van der Waals surface area contributed by atoms with Crippen molar-refractivity contribution in [2.24, 2.45) is 0 Å². The molecule has 0 radical (unpaired) electrons. The van der Waals surface area contributed by atoms with Gasteiger partial charge in [-0.05, 0) is 70.1 Å². The van der Waals surface area contributed by atoms with Crippen LogP contribution in [0.15, 0.2) is 83.3 Å². The average Bonchev–Trinajstić information content (AvgIpc) is 2.68. The van der Waals surface area contributed by atoms with Crippen LogP contribution in [0.4, 0.5) is 5.69 Å². The molecule has 0 saturated carbocycles. The third-order valence-corrected chi connectivity index (χ3v) is 4.60. The highest BCUT2D eigenvalue weighted by Gasteiger charge is 2.10. The summed E-state index contributed by atoms with van der Waals surface area (Å²) >= 11 is 8.57. The molecule has 2 N–H and O–H groups in total. The molecule has 0 aromatic heterocycles. The standard InChI is InChI=1S/C21H17BrN2O2S/c22-19-9-5-4-8-18(19)20(25)24-21(27)23-16-10-12-17(13-11-16)26-14-15-6-2-1-3-7-15/h1-13H,14H2,(H2,23,24,25,27). The lowest BCUT2D eigenvalue weighted by molar-refractivity contribution is 0.0977. The number of carbonyl (C=O) groups is 1. The summed E-state index contributed by atoms with van der Waals surface area (Å²) in [5.74, 6) is 0.482. The molecule has 0 fully saturated rings. The van der Waals surface area contributed by atoms with Crippen molar-refractivity contribution >= 4 is 44.9 Å². The Kier molecular flexibility index (Phi) is 6.57. The van der Waals surface area contributed by atoms with E-state index >= 15 is 0 Å². The number of hydrogen-bond donors (Lipinski definition) is 2. The van der Waals surface area contributed by atoms with Crippen molar-refractivity contribution in [3.8, 4) is 5.75 Å². The van der Waals surface area contributed by atoms with Crippen molar-refractivity contribution < 1.29 is 9.53 Å². The maximum absolute atomic E-state index is 12.3. The van der Waals surface area contributed by atoms with Gasteiger partial charge in [-0.3, -0.25) is 10.1 Å². The van der Waals surface area contributed by atoms with Crippen molar-refractivity contribution in [2.75, 3.05) is 5.32 Å². The van der Waals surface area contributed by atoms with E-state index in [1.54, 1.807) is 18.2 Å². The summed E-state index contributed by atoms with van der Waals surface area (Å²) in [6.45, 7) is 0.508. The molecule has 0 saturated heterocycles. The Morgan fingerprint density at radius 3 is 2.30 bits per heavy atom. The predicted molar refractivity (Wildman–Crippen MR) is 115 cm³/mol. The fourth-order valence-electron chi connectivity index (χ4n) is 2.35. The van der Waals surface area contributed by atoms with E-state index in [9.17, 15) is 4.79 Å². The van der Waals surface area contributed by atoms with Gasteiger partial charge in [-0.15, -0.1) is 0 Å². The van der Waals surface area contributed by atoms with Gasteiger partial charge in [0, 0.05) is 10.2 Å². The molecular formula is C21H17BrN2O2S. The first-order chi connectivity index (χ1) is 13.1. The predicted octanol–water partition coefficient (Wildman–Crippen LogP) is 5.15. The van der Waals surface area contributed by atoms with Crippen molar-refractivity contribution in [1.82, 2.24) is 5.32 Å². The number of thiocarbonyl (C=S) groups is 1. The molecular weight excluding hydrogens is 424 g/mol. The molecule has 0 heterocycles. The fraction of sp³-hybridized carbons (Fsp3) is 0.0476. The van der Waals surface area contributed by atoms with Crippen LogP contribution in [0.3, 0.4) is 0 Å². The van der Waals surface area contributed by atoms with Crippen molar-refractivity contribution in [3.63, 3.8) is 0 Å².